The Kier molecular flexibility index (Phi) is 4.29. The van der Waals surface area contributed by atoms with Gasteiger partial charge in [-0.25, -0.2) is 4.79 Å². The van der Waals surface area contributed by atoms with E-state index in [1.54, 1.807) is 58.7 Å². The van der Waals surface area contributed by atoms with E-state index in [-0.39, 0.29) is 23.4 Å². The first-order valence-corrected chi connectivity index (χ1v) is 9.18. The molecule has 28 heavy (non-hydrogen) atoms. The number of hydrogen-bond acceptors (Lipinski definition) is 4. The lowest BCUT2D eigenvalue weighted by atomic mass is 9.97. The maximum Gasteiger partial charge on any atom is 0.328 e. The highest BCUT2D eigenvalue weighted by Crippen LogP contribution is 2.22. The van der Waals surface area contributed by atoms with Crippen molar-refractivity contribution < 1.29 is 9.59 Å². The first-order valence-electron chi connectivity index (χ1n) is 9.18. The average Bonchev–Trinajstić information content (AvgIpc) is 3.19. The molecule has 4 rings (SSSR count). The topological polar surface area (TPSA) is 94.2 Å². The molecule has 9 nitrogen and oxygen atoms in total. The minimum atomic E-state index is -0.250. The molecule has 2 aromatic heterocycles. The van der Waals surface area contributed by atoms with Crippen LogP contribution in [-0.2, 0) is 25.4 Å². The lowest BCUT2D eigenvalue weighted by molar-refractivity contribution is -0.123. The average molecular weight is 382 g/mol. The molecule has 0 aliphatic carbocycles. The molecule has 3 heterocycles. The van der Waals surface area contributed by atoms with Gasteiger partial charge in [-0.05, 0) is 25.1 Å². The highest BCUT2D eigenvalue weighted by Gasteiger charge is 2.36. The fourth-order valence-electron chi connectivity index (χ4n) is 3.47. The van der Waals surface area contributed by atoms with E-state index in [9.17, 15) is 14.4 Å². The first kappa shape index (κ1) is 18.0. The molecule has 1 aromatic carbocycles. The van der Waals surface area contributed by atoms with Crippen molar-refractivity contribution in [2.75, 3.05) is 18.4 Å². The molecule has 0 unspecified atom stereocenters. The zero-order chi connectivity index (χ0) is 20.0. The molecule has 2 amide bonds. The van der Waals surface area contributed by atoms with Crippen molar-refractivity contribution in [2.45, 2.75) is 13.5 Å². The van der Waals surface area contributed by atoms with Crippen LogP contribution >= 0.6 is 0 Å². The van der Waals surface area contributed by atoms with E-state index in [1.165, 1.54) is 4.57 Å². The minimum Gasteiger partial charge on any atom is -0.337 e. The van der Waals surface area contributed by atoms with Gasteiger partial charge in [-0.2, -0.15) is 5.10 Å². The van der Waals surface area contributed by atoms with Crippen LogP contribution in [0.4, 0.5) is 5.82 Å². The summed E-state index contributed by atoms with van der Waals surface area (Å²) in [4.78, 5) is 38.7. The fraction of sp³-hybridized carbons (Fsp3) is 0.368. The van der Waals surface area contributed by atoms with Crippen LogP contribution in [0.3, 0.4) is 0 Å². The summed E-state index contributed by atoms with van der Waals surface area (Å²) in [6, 6.07) is 6.97. The minimum absolute atomic E-state index is 0.133. The molecule has 0 radical (unpaired) electrons. The van der Waals surface area contributed by atoms with E-state index < -0.39 is 0 Å². The Bertz CT molecular complexity index is 1130. The van der Waals surface area contributed by atoms with Gasteiger partial charge in [-0.15, -0.1) is 0 Å². The van der Waals surface area contributed by atoms with E-state index in [0.29, 0.717) is 30.0 Å². The number of rotatable bonds is 4. The lowest BCUT2D eigenvalue weighted by Gasteiger charge is -2.38. The van der Waals surface area contributed by atoms with Crippen LogP contribution in [0, 0.1) is 5.92 Å². The van der Waals surface area contributed by atoms with Gasteiger partial charge in [0.15, 0.2) is 5.82 Å². The molecular weight excluding hydrogens is 360 g/mol. The Hall–Kier alpha value is -3.36. The summed E-state index contributed by atoms with van der Waals surface area (Å²) < 4.78 is 4.81. The zero-order valence-electron chi connectivity index (χ0n) is 16.0. The maximum atomic E-state index is 12.7. The number of nitrogens with one attached hydrogen (secondary N) is 1. The van der Waals surface area contributed by atoms with Gasteiger partial charge in [0.05, 0.1) is 17.0 Å². The quantitative estimate of drug-likeness (QED) is 0.722. The van der Waals surface area contributed by atoms with Gasteiger partial charge in [-0.3, -0.25) is 23.4 Å². The Balaban J connectivity index is 1.42. The van der Waals surface area contributed by atoms with E-state index >= 15 is 0 Å². The number of nitrogens with zero attached hydrogens (tertiary/aromatic N) is 5. The molecule has 0 bridgehead atoms. The number of fused-ring (bicyclic) bond motifs is 1. The summed E-state index contributed by atoms with van der Waals surface area (Å²) in [6.45, 7) is 3.44. The number of amides is 2. The van der Waals surface area contributed by atoms with Crippen LogP contribution in [-0.4, -0.2) is 48.7 Å². The number of aryl methyl sites for hydroxylation is 3. The third-order valence-electron chi connectivity index (χ3n) is 5.27. The largest absolute Gasteiger partial charge is 0.337 e. The van der Waals surface area contributed by atoms with Crippen molar-refractivity contribution >= 4 is 28.7 Å². The summed E-state index contributed by atoms with van der Waals surface area (Å²) in [6.07, 6.45) is 1.80. The predicted molar refractivity (Wildman–Crippen MR) is 104 cm³/mol. The van der Waals surface area contributed by atoms with Gasteiger partial charge < -0.3 is 10.2 Å². The third kappa shape index (κ3) is 2.88. The Labute approximate surface area is 161 Å². The fourth-order valence-corrected chi connectivity index (χ4v) is 3.47. The van der Waals surface area contributed by atoms with Crippen molar-refractivity contribution in [2.24, 2.45) is 20.0 Å². The van der Waals surface area contributed by atoms with Crippen molar-refractivity contribution in [1.29, 1.82) is 0 Å². The number of aromatic nitrogens is 4. The zero-order valence-corrected chi connectivity index (χ0v) is 16.0. The number of hydrogen-bond donors (Lipinski definition) is 1. The second kappa shape index (κ2) is 6.66. The second-order valence-corrected chi connectivity index (χ2v) is 7.06. The van der Waals surface area contributed by atoms with E-state index in [2.05, 4.69) is 10.4 Å². The molecule has 1 fully saturated rings. The summed E-state index contributed by atoms with van der Waals surface area (Å²) in [5.74, 6) is -0.00330. The van der Waals surface area contributed by atoms with Crippen molar-refractivity contribution in [3.63, 3.8) is 0 Å². The van der Waals surface area contributed by atoms with E-state index in [0.717, 1.165) is 12.1 Å². The number of benzene rings is 1. The van der Waals surface area contributed by atoms with Crippen LogP contribution < -0.4 is 11.0 Å². The second-order valence-electron chi connectivity index (χ2n) is 7.06. The monoisotopic (exact) mass is 382 g/mol. The van der Waals surface area contributed by atoms with Crippen LogP contribution in [0.2, 0.25) is 0 Å². The van der Waals surface area contributed by atoms with Crippen molar-refractivity contribution in [3.05, 3.63) is 46.5 Å². The van der Waals surface area contributed by atoms with Gasteiger partial charge in [0, 0.05) is 51.6 Å². The number of anilines is 1. The molecule has 146 valence electrons. The standard InChI is InChI=1S/C19H22N6O3/c1-4-25-8-7-16(21-25)20-17(26)13-10-24(11-13)18(27)12-5-6-14-15(9-12)23(3)19(28)22(14)2/h5-9,13H,4,10-11H2,1-3H3,(H,20,21,26). The number of likely N-dealkylation sites (tertiary alicyclic amines) is 1. The smallest absolute Gasteiger partial charge is 0.328 e. The summed E-state index contributed by atoms with van der Waals surface area (Å²) in [5.41, 5.74) is 1.86. The molecule has 3 aromatic rings. The van der Waals surface area contributed by atoms with Gasteiger partial charge in [0.2, 0.25) is 5.91 Å². The third-order valence-corrected chi connectivity index (χ3v) is 5.27. The van der Waals surface area contributed by atoms with Crippen LogP contribution in [0.15, 0.2) is 35.3 Å². The number of imidazole rings is 1. The lowest BCUT2D eigenvalue weighted by Crippen LogP contribution is -2.54. The Morgan fingerprint density at radius 2 is 1.86 bits per heavy atom. The summed E-state index contributed by atoms with van der Waals surface area (Å²) >= 11 is 0. The van der Waals surface area contributed by atoms with Crippen molar-refractivity contribution in [1.82, 2.24) is 23.8 Å². The molecule has 0 atom stereocenters. The van der Waals surface area contributed by atoms with Crippen LogP contribution in [0.5, 0.6) is 0 Å². The number of carbonyl (C=O) groups is 2. The molecule has 1 N–H and O–H groups in total. The van der Waals surface area contributed by atoms with Crippen LogP contribution in [0.1, 0.15) is 17.3 Å². The molecule has 0 saturated carbocycles. The summed E-state index contributed by atoms with van der Waals surface area (Å²) in [7, 11) is 3.39. The predicted octanol–water partition coefficient (Wildman–Crippen LogP) is 0.804. The van der Waals surface area contributed by atoms with Crippen molar-refractivity contribution in [3.8, 4) is 0 Å². The highest BCUT2D eigenvalue weighted by molar-refractivity contribution is 6.00. The van der Waals surface area contributed by atoms with Gasteiger partial charge in [0.25, 0.3) is 5.91 Å². The normalized spacial score (nSPS) is 14.3. The molecule has 1 aliphatic heterocycles. The highest BCUT2D eigenvalue weighted by atomic mass is 16.2. The maximum absolute atomic E-state index is 12.7. The van der Waals surface area contributed by atoms with E-state index in [4.69, 9.17) is 0 Å². The molecule has 0 spiro atoms. The van der Waals surface area contributed by atoms with Gasteiger partial charge in [-0.1, -0.05) is 0 Å². The van der Waals surface area contributed by atoms with Crippen LogP contribution in [0.25, 0.3) is 11.0 Å². The van der Waals surface area contributed by atoms with Gasteiger partial charge in [0.1, 0.15) is 0 Å². The van der Waals surface area contributed by atoms with Gasteiger partial charge >= 0.3 is 5.69 Å². The summed E-state index contributed by atoms with van der Waals surface area (Å²) in [5, 5.41) is 7.02. The Morgan fingerprint density at radius 3 is 2.54 bits per heavy atom. The molecule has 9 heteroatoms. The molecule has 1 saturated heterocycles. The first-order chi connectivity index (χ1) is 13.4. The SMILES string of the molecule is CCn1ccc(NC(=O)C2CN(C(=O)c3ccc4c(c3)n(C)c(=O)n4C)C2)n1. The molecular formula is C19H22N6O3. The molecule has 1 aliphatic rings. The Morgan fingerprint density at radius 1 is 1.14 bits per heavy atom. The van der Waals surface area contributed by atoms with E-state index in [1.807, 2.05) is 6.92 Å². The number of carbonyl (C=O) groups excluding carboxylic acids is 2.